The molecule has 0 aliphatic carbocycles. The standard InChI is InChI=1S/C22H22N2O3/c1-15-8-10-17(11-9-15)13-24(3)21(25)14-27-22(26)19-12-16(2)23-20-7-5-4-6-18(19)20/h4-12H,13-14H2,1-3H3. The van der Waals surface area contributed by atoms with Gasteiger partial charge in [-0.2, -0.15) is 0 Å². The Morgan fingerprint density at radius 3 is 2.48 bits per heavy atom. The molecule has 0 atom stereocenters. The van der Waals surface area contributed by atoms with Crippen molar-refractivity contribution in [3.05, 3.63) is 77.0 Å². The van der Waals surface area contributed by atoms with Gasteiger partial charge in [-0.1, -0.05) is 48.0 Å². The molecule has 0 saturated carbocycles. The summed E-state index contributed by atoms with van der Waals surface area (Å²) < 4.78 is 5.27. The number of pyridine rings is 1. The van der Waals surface area contributed by atoms with Crippen molar-refractivity contribution < 1.29 is 14.3 Å². The number of ether oxygens (including phenoxy) is 1. The Kier molecular flexibility index (Phi) is 5.50. The van der Waals surface area contributed by atoms with Crippen molar-refractivity contribution in [1.29, 1.82) is 0 Å². The zero-order valence-corrected chi connectivity index (χ0v) is 15.7. The van der Waals surface area contributed by atoms with Gasteiger partial charge in [-0.3, -0.25) is 9.78 Å². The van der Waals surface area contributed by atoms with E-state index in [9.17, 15) is 9.59 Å². The average Bonchev–Trinajstić information content (AvgIpc) is 2.66. The van der Waals surface area contributed by atoms with E-state index in [1.807, 2.05) is 62.4 Å². The van der Waals surface area contributed by atoms with Crippen LogP contribution in [0.25, 0.3) is 10.9 Å². The number of hydrogen-bond acceptors (Lipinski definition) is 4. The predicted molar refractivity (Wildman–Crippen MR) is 104 cm³/mol. The van der Waals surface area contributed by atoms with E-state index in [1.165, 1.54) is 5.56 Å². The normalized spacial score (nSPS) is 10.6. The van der Waals surface area contributed by atoms with Crippen LogP contribution >= 0.6 is 0 Å². The lowest BCUT2D eigenvalue weighted by Gasteiger charge is -2.17. The summed E-state index contributed by atoms with van der Waals surface area (Å²) in [5.74, 6) is -0.771. The molecule has 0 bridgehead atoms. The predicted octanol–water partition coefficient (Wildman–Crippen LogP) is 3.67. The largest absolute Gasteiger partial charge is 0.452 e. The minimum absolute atomic E-state index is 0.251. The molecular weight excluding hydrogens is 340 g/mol. The highest BCUT2D eigenvalue weighted by atomic mass is 16.5. The zero-order valence-electron chi connectivity index (χ0n) is 15.7. The van der Waals surface area contributed by atoms with Crippen molar-refractivity contribution in [2.75, 3.05) is 13.7 Å². The minimum atomic E-state index is -0.520. The molecule has 1 amide bonds. The number of hydrogen-bond donors (Lipinski definition) is 0. The number of carbonyl (C=O) groups excluding carboxylic acids is 2. The van der Waals surface area contributed by atoms with Crippen molar-refractivity contribution in [3.63, 3.8) is 0 Å². The van der Waals surface area contributed by atoms with Gasteiger partial charge < -0.3 is 9.64 Å². The number of fused-ring (bicyclic) bond motifs is 1. The molecule has 0 radical (unpaired) electrons. The van der Waals surface area contributed by atoms with E-state index in [1.54, 1.807) is 18.0 Å². The molecule has 1 aromatic heterocycles. The van der Waals surface area contributed by atoms with Crippen LogP contribution in [0.5, 0.6) is 0 Å². The first-order valence-electron chi connectivity index (χ1n) is 8.77. The fourth-order valence-electron chi connectivity index (χ4n) is 2.85. The smallest absolute Gasteiger partial charge is 0.339 e. The van der Waals surface area contributed by atoms with Crippen LogP contribution in [-0.2, 0) is 16.1 Å². The van der Waals surface area contributed by atoms with E-state index < -0.39 is 5.97 Å². The van der Waals surface area contributed by atoms with Gasteiger partial charge in [0.25, 0.3) is 5.91 Å². The van der Waals surface area contributed by atoms with Gasteiger partial charge >= 0.3 is 5.97 Å². The average molecular weight is 362 g/mol. The highest BCUT2D eigenvalue weighted by Crippen LogP contribution is 2.19. The van der Waals surface area contributed by atoms with Crippen LogP contribution in [0.2, 0.25) is 0 Å². The Morgan fingerprint density at radius 2 is 1.74 bits per heavy atom. The molecule has 0 unspecified atom stereocenters. The summed E-state index contributed by atoms with van der Waals surface area (Å²) >= 11 is 0. The van der Waals surface area contributed by atoms with E-state index in [4.69, 9.17) is 4.74 Å². The number of rotatable bonds is 5. The Balaban J connectivity index is 1.65. The first-order valence-corrected chi connectivity index (χ1v) is 8.77. The van der Waals surface area contributed by atoms with Gasteiger partial charge in [0.05, 0.1) is 11.1 Å². The minimum Gasteiger partial charge on any atom is -0.452 e. The number of amides is 1. The van der Waals surface area contributed by atoms with Gasteiger partial charge in [0.2, 0.25) is 0 Å². The van der Waals surface area contributed by atoms with Gasteiger partial charge in [-0.15, -0.1) is 0 Å². The number of para-hydroxylation sites is 1. The summed E-state index contributed by atoms with van der Waals surface area (Å²) in [7, 11) is 1.70. The number of benzene rings is 2. The van der Waals surface area contributed by atoms with Gasteiger partial charge in [0.1, 0.15) is 0 Å². The molecule has 3 rings (SSSR count). The van der Waals surface area contributed by atoms with Gasteiger partial charge in [0, 0.05) is 24.7 Å². The molecule has 0 spiro atoms. The first-order chi connectivity index (χ1) is 12.9. The van der Waals surface area contributed by atoms with Crippen LogP contribution in [-0.4, -0.2) is 35.4 Å². The van der Waals surface area contributed by atoms with E-state index in [2.05, 4.69) is 4.98 Å². The van der Waals surface area contributed by atoms with Gasteiger partial charge in [-0.25, -0.2) is 4.79 Å². The number of aromatic nitrogens is 1. The molecule has 5 heteroatoms. The Morgan fingerprint density at radius 1 is 1.04 bits per heavy atom. The molecule has 0 saturated heterocycles. The van der Waals surface area contributed by atoms with Crippen LogP contribution in [0, 0.1) is 13.8 Å². The molecule has 0 N–H and O–H groups in total. The Labute approximate surface area is 158 Å². The lowest BCUT2D eigenvalue weighted by molar-refractivity contribution is -0.133. The maximum atomic E-state index is 12.5. The van der Waals surface area contributed by atoms with Crippen molar-refractivity contribution in [2.24, 2.45) is 0 Å². The lowest BCUT2D eigenvalue weighted by atomic mass is 10.1. The van der Waals surface area contributed by atoms with Gasteiger partial charge in [-0.05, 0) is 31.5 Å². The van der Waals surface area contributed by atoms with Crippen LogP contribution in [0.1, 0.15) is 27.2 Å². The topological polar surface area (TPSA) is 59.5 Å². The number of likely N-dealkylation sites (N-methyl/N-ethyl adjacent to an activating group) is 1. The van der Waals surface area contributed by atoms with Crippen molar-refractivity contribution >= 4 is 22.8 Å². The van der Waals surface area contributed by atoms with E-state index in [-0.39, 0.29) is 12.5 Å². The van der Waals surface area contributed by atoms with Crippen LogP contribution in [0.4, 0.5) is 0 Å². The van der Waals surface area contributed by atoms with Crippen LogP contribution in [0.15, 0.2) is 54.6 Å². The summed E-state index contributed by atoms with van der Waals surface area (Å²) in [6.07, 6.45) is 0. The molecule has 27 heavy (non-hydrogen) atoms. The Hall–Kier alpha value is -3.21. The maximum Gasteiger partial charge on any atom is 0.339 e. The third-order valence-electron chi connectivity index (χ3n) is 4.36. The third-order valence-corrected chi connectivity index (χ3v) is 4.36. The zero-order chi connectivity index (χ0) is 19.4. The van der Waals surface area contributed by atoms with Crippen molar-refractivity contribution in [1.82, 2.24) is 9.88 Å². The second kappa shape index (κ2) is 7.99. The Bertz CT molecular complexity index is 981. The molecule has 2 aromatic carbocycles. The van der Waals surface area contributed by atoms with Gasteiger partial charge in [0.15, 0.2) is 6.61 Å². The second-order valence-electron chi connectivity index (χ2n) is 6.64. The van der Waals surface area contributed by atoms with E-state index in [0.717, 1.165) is 16.8 Å². The molecule has 0 aliphatic rings. The van der Waals surface area contributed by atoms with Crippen molar-refractivity contribution in [3.8, 4) is 0 Å². The van der Waals surface area contributed by atoms with E-state index in [0.29, 0.717) is 17.5 Å². The monoisotopic (exact) mass is 362 g/mol. The molecule has 138 valence electrons. The molecule has 0 aliphatic heterocycles. The summed E-state index contributed by atoms with van der Waals surface area (Å²) in [5.41, 5.74) is 4.07. The fourth-order valence-corrected chi connectivity index (χ4v) is 2.85. The first kappa shape index (κ1) is 18.6. The number of carbonyl (C=O) groups is 2. The molecule has 0 fully saturated rings. The van der Waals surface area contributed by atoms with Crippen LogP contribution < -0.4 is 0 Å². The fraction of sp³-hybridized carbons (Fsp3) is 0.227. The molecule has 5 nitrogen and oxygen atoms in total. The maximum absolute atomic E-state index is 12.5. The lowest BCUT2D eigenvalue weighted by Crippen LogP contribution is -2.30. The number of nitrogens with zero attached hydrogens (tertiary/aromatic N) is 2. The van der Waals surface area contributed by atoms with E-state index >= 15 is 0 Å². The number of aryl methyl sites for hydroxylation is 2. The quantitative estimate of drug-likeness (QED) is 0.650. The summed E-state index contributed by atoms with van der Waals surface area (Å²) in [6, 6.07) is 17.0. The van der Waals surface area contributed by atoms with Crippen molar-refractivity contribution in [2.45, 2.75) is 20.4 Å². The molecular formula is C22H22N2O3. The highest BCUT2D eigenvalue weighted by Gasteiger charge is 2.16. The highest BCUT2D eigenvalue weighted by molar-refractivity contribution is 6.04. The SMILES string of the molecule is Cc1ccc(CN(C)C(=O)COC(=O)c2cc(C)nc3ccccc23)cc1. The molecule has 1 heterocycles. The number of esters is 1. The summed E-state index contributed by atoms with van der Waals surface area (Å²) in [6.45, 7) is 4.01. The second-order valence-corrected chi connectivity index (χ2v) is 6.64. The summed E-state index contributed by atoms with van der Waals surface area (Å²) in [4.78, 5) is 30.8. The molecule has 3 aromatic rings. The van der Waals surface area contributed by atoms with Crippen LogP contribution in [0.3, 0.4) is 0 Å². The summed E-state index contributed by atoms with van der Waals surface area (Å²) in [5, 5.41) is 0.716. The third kappa shape index (κ3) is 4.50.